The smallest absolute Gasteiger partial charge is 0.0766 e. The lowest BCUT2D eigenvalue weighted by Crippen LogP contribution is -2.33. The standard InChI is InChI=1S/C16H28N2O/c1-4-8-15(14-9-6-5-7-10-14)16(13-17)19-12-11-18(2)3/h5-7,9-10,15-16H,4,8,11-13,17H2,1-3H3. The van der Waals surface area contributed by atoms with Gasteiger partial charge in [0.2, 0.25) is 0 Å². The highest BCUT2D eigenvalue weighted by Crippen LogP contribution is 2.26. The molecule has 0 heterocycles. The van der Waals surface area contributed by atoms with E-state index < -0.39 is 0 Å². The summed E-state index contributed by atoms with van der Waals surface area (Å²) < 4.78 is 6.00. The lowest BCUT2D eigenvalue weighted by molar-refractivity contribution is 0.0299. The first-order valence-electron chi connectivity index (χ1n) is 7.20. The zero-order chi connectivity index (χ0) is 14.1. The molecule has 1 rings (SSSR count). The van der Waals surface area contributed by atoms with E-state index in [4.69, 9.17) is 10.5 Å². The number of ether oxygens (including phenoxy) is 1. The molecule has 0 bridgehead atoms. The van der Waals surface area contributed by atoms with Crippen LogP contribution in [0.5, 0.6) is 0 Å². The summed E-state index contributed by atoms with van der Waals surface area (Å²) in [7, 11) is 4.11. The van der Waals surface area contributed by atoms with Crippen LogP contribution in [-0.2, 0) is 4.74 Å². The van der Waals surface area contributed by atoms with E-state index in [1.807, 2.05) is 0 Å². The molecule has 3 heteroatoms. The molecule has 1 aromatic carbocycles. The maximum atomic E-state index is 6.00. The van der Waals surface area contributed by atoms with Gasteiger partial charge in [-0.05, 0) is 26.1 Å². The minimum Gasteiger partial charge on any atom is -0.375 e. The summed E-state index contributed by atoms with van der Waals surface area (Å²) >= 11 is 0. The van der Waals surface area contributed by atoms with Crippen LogP contribution in [0.3, 0.4) is 0 Å². The van der Waals surface area contributed by atoms with Gasteiger partial charge in [0.05, 0.1) is 12.7 Å². The highest BCUT2D eigenvalue weighted by Gasteiger charge is 2.21. The van der Waals surface area contributed by atoms with E-state index in [1.165, 1.54) is 5.56 Å². The Hall–Kier alpha value is -0.900. The van der Waals surface area contributed by atoms with E-state index in [2.05, 4.69) is 56.3 Å². The second-order valence-corrected chi connectivity index (χ2v) is 5.25. The van der Waals surface area contributed by atoms with Crippen molar-refractivity contribution in [2.24, 2.45) is 5.73 Å². The molecule has 2 unspecified atom stereocenters. The predicted octanol–water partition coefficient (Wildman–Crippen LogP) is 2.48. The van der Waals surface area contributed by atoms with Crippen molar-refractivity contribution < 1.29 is 4.74 Å². The molecule has 1 aromatic rings. The summed E-state index contributed by atoms with van der Waals surface area (Å²) in [6, 6.07) is 10.6. The highest BCUT2D eigenvalue weighted by atomic mass is 16.5. The summed E-state index contributed by atoms with van der Waals surface area (Å²) in [6.45, 7) is 4.46. The molecular formula is C16H28N2O. The predicted molar refractivity (Wildman–Crippen MR) is 81.4 cm³/mol. The molecule has 2 N–H and O–H groups in total. The van der Waals surface area contributed by atoms with Crippen LogP contribution in [0.4, 0.5) is 0 Å². The monoisotopic (exact) mass is 264 g/mol. The van der Waals surface area contributed by atoms with Gasteiger partial charge in [-0.2, -0.15) is 0 Å². The number of hydrogen-bond acceptors (Lipinski definition) is 3. The van der Waals surface area contributed by atoms with Crippen LogP contribution in [-0.4, -0.2) is 44.8 Å². The molecule has 0 aliphatic rings. The van der Waals surface area contributed by atoms with Crippen molar-refractivity contribution in [3.05, 3.63) is 35.9 Å². The molecule has 3 nitrogen and oxygen atoms in total. The van der Waals surface area contributed by atoms with Crippen LogP contribution in [0.1, 0.15) is 31.2 Å². The summed E-state index contributed by atoms with van der Waals surface area (Å²) in [5.74, 6) is 0.401. The Labute approximate surface area is 117 Å². The molecule has 0 radical (unpaired) electrons. The summed E-state index contributed by atoms with van der Waals surface area (Å²) in [5, 5.41) is 0. The Morgan fingerprint density at radius 1 is 1.21 bits per heavy atom. The average molecular weight is 264 g/mol. The number of likely N-dealkylation sites (N-methyl/N-ethyl adjacent to an activating group) is 1. The van der Waals surface area contributed by atoms with Crippen molar-refractivity contribution in [3.63, 3.8) is 0 Å². The number of rotatable bonds is 9. The van der Waals surface area contributed by atoms with Gasteiger partial charge in [-0.25, -0.2) is 0 Å². The summed E-state index contributed by atoms with van der Waals surface area (Å²) in [6.07, 6.45) is 2.38. The van der Waals surface area contributed by atoms with E-state index in [9.17, 15) is 0 Å². The fraction of sp³-hybridized carbons (Fsp3) is 0.625. The normalized spacial score (nSPS) is 14.6. The van der Waals surface area contributed by atoms with E-state index in [0.717, 1.165) is 26.0 Å². The molecule has 0 fully saturated rings. The van der Waals surface area contributed by atoms with Crippen molar-refractivity contribution >= 4 is 0 Å². The Bertz CT molecular complexity index is 327. The molecule has 19 heavy (non-hydrogen) atoms. The second-order valence-electron chi connectivity index (χ2n) is 5.25. The van der Waals surface area contributed by atoms with Crippen molar-refractivity contribution in [1.82, 2.24) is 4.90 Å². The molecular weight excluding hydrogens is 236 g/mol. The Morgan fingerprint density at radius 2 is 1.89 bits per heavy atom. The minimum atomic E-state index is 0.113. The van der Waals surface area contributed by atoms with Gasteiger partial charge in [0.15, 0.2) is 0 Å². The molecule has 108 valence electrons. The summed E-state index contributed by atoms with van der Waals surface area (Å²) in [4.78, 5) is 2.13. The number of hydrogen-bond donors (Lipinski definition) is 1. The van der Waals surface area contributed by atoms with Gasteiger partial charge in [-0.15, -0.1) is 0 Å². The van der Waals surface area contributed by atoms with E-state index in [-0.39, 0.29) is 6.10 Å². The molecule has 0 aliphatic carbocycles. The molecule has 0 aromatic heterocycles. The van der Waals surface area contributed by atoms with Gasteiger partial charge < -0.3 is 15.4 Å². The van der Waals surface area contributed by atoms with Crippen molar-refractivity contribution in [1.29, 1.82) is 0 Å². The fourth-order valence-corrected chi connectivity index (χ4v) is 2.31. The zero-order valence-corrected chi connectivity index (χ0v) is 12.5. The molecule has 0 amide bonds. The van der Waals surface area contributed by atoms with Crippen LogP contribution in [0.2, 0.25) is 0 Å². The van der Waals surface area contributed by atoms with Crippen LogP contribution < -0.4 is 5.73 Å². The van der Waals surface area contributed by atoms with Crippen molar-refractivity contribution in [3.8, 4) is 0 Å². The molecule has 0 saturated heterocycles. The van der Waals surface area contributed by atoms with Gasteiger partial charge in [0.1, 0.15) is 0 Å². The van der Waals surface area contributed by atoms with Gasteiger partial charge >= 0.3 is 0 Å². The first-order chi connectivity index (χ1) is 9.19. The van der Waals surface area contributed by atoms with Gasteiger partial charge in [-0.1, -0.05) is 43.7 Å². The van der Waals surface area contributed by atoms with Gasteiger partial charge in [-0.3, -0.25) is 0 Å². The maximum absolute atomic E-state index is 6.00. The van der Waals surface area contributed by atoms with E-state index >= 15 is 0 Å². The quantitative estimate of drug-likeness (QED) is 0.744. The second kappa shape index (κ2) is 9.08. The zero-order valence-electron chi connectivity index (χ0n) is 12.5. The third kappa shape index (κ3) is 5.72. The highest BCUT2D eigenvalue weighted by molar-refractivity contribution is 5.20. The van der Waals surface area contributed by atoms with Gasteiger partial charge in [0, 0.05) is 19.0 Å². The maximum Gasteiger partial charge on any atom is 0.0766 e. The van der Waals surface area contributed by atoms with E-state index in [0.29, 0.717) is 12.5 Å². The number of benzene rings is 1. The Balaban J connectivity index is 2.66. The topological polar surface area (TPSA) is 38.5 Å². The van der Waals surface area contributed by atoms with Crippen LogP contribution in [0.25, 0.3) is 0 Å². The average Bonchev–Trinajstić information content (AvgIpc) is 2.42. The largest absolute Gasteiger partial charge is 0.375 e. The molecule has 2 atom stereocenters. The SMILES string of the molecule is CCCC(c1ccccc1)C(CN)OCCN(C)C. The first kappa shape index (κ1) is 16.2. The number of nitrogens with two attached hydrogens (primary N) is 1. The van der Waals surface area contributed by atoms with Crippen LogP contribution in [0.15, 0.2) is 30.3 Å². The minimum absolute atomic E-state index is 0.113. The van der Waals surface area contributed by atoms with Crippen molar-refractivity contribution in [2.75, 3.05) is 33.8 Å². The first-order valence-corrected chi connectivity index (χ1v) is 7.20. The summed E-state index contributed by atoms with van der Waals surface area (Å²) in [5.41, 5.74) is 7.26. The van der Waals surface area contributed by atoms with Crippen LogP contribution >= 0.6 is 0 Å². The number of nitrogens with zero attached hydrogens (tertiary/aromatic N) is 1. The van der Waals surface area contributed by atoms with Crippen LogP contribution in [0, 0.1) is 0 Å². The Kier molecular flexibility index (Phi) is 7.72. The molecule has 0 spiro atoms. The third-order valence-corrected chi connectivity index (χ3v) is 3.38. The van der Waals surface area contributed by atoms with Gasteiger partial charge in [0.25, 0.3) is 0 Å². The lowest BCUT2D eigenvalue weighted by Gasteiger charge is -2.27. The Morgan fingerprint density at radius 3 is 2.42 bits per heavy atom. The molecule has 0 aliphatic heterocycles. The van der Waals surface area contributed by atoms with Crippen molar-refractivity contribution in [2.45, 2.75) is 31.8 Å². The molecule has 0 saturated carbocycles. The fourth-order valence-electron chi connectivity index (χ4n) is 2.31. The van der Waals surface area contributed by atoms with E-state index in [1.54, 1.807) is 0 Å². The third-order valence-electron chi connectivity index (χ3n) is 3.38. The lowest BCUT2D eigenvalue weighted by atomic mass is 9.89.